The van der Waals surface area contributed by atoms with E-state index in [2.05, 4.69) is 24.0 Å². The SMILES string of the molecule is CC1Cc2ccccc2N1CC(C)(N)C(N)=O. The van der Waals surface area contributed by atoms with E-state index < -0.39 is 11.4 Å². The van der Waals surface area contributed by atoms with Crippen LogP contribution >= 0.6 is 0 Å². The van der Waals surface area contributed by atoms with Crippen molar-refractivity contribution in [3.05, 3.63) is 29.8 Å². The fraction of sp³-hybridized carbons (Fsp3) is 0.462. The molecule has 92 valence electrons. The highest BCUT2D eigenvalue weighted by atomic mass is 16.1. The number of anilines is 1. The van der Waals surface area contributed by atoms with E-state index in [1.54, 1.807) is 6.92 Å². The van der Waals surface area contributed by atoms with Crippen LogP contribution in [0.3, 0.4) is 0 Å². The number of carbonyl (C=O) groups is 1. The topological polar surface area (TPSA) is 72.3 Å². The van der Waals surface area contributed by atoms with Crippen molar-refractivity contribution in [2.75, 3.05) is 11.4 Å². The molecule has 0 saturated heterocycles. The van der Waals surface area contributed by atoms with Crippen LogP contribution in [0.25, 0.3) is 0 Å². The van der Waals surface area contributed by atoms with E-state index in [4.69, 9.17) is 11.5 Å². The Morgan fingerprint density at radius 1 is 1.53 bits per heavy atom. The summed E-state index contributed by atoms with van der Waals surface area (Å²) in [6, 6.07) is 8.57. The minimum absolute atomic E-state index is 0.356. The first-order valence-electron chi connectivity index (χ1n) is 5.85. The molecule has 4 heteroatoms. The van der Waals surface area contributed by atoms with E-state index in [-0.39, 0.29) is 0 Å². The van der Waals surface area contributed by atoms with Gasteiger partial charge in [-0.3, -0.25) is 4.79 Å². The third-order valence-corrected chi connectivity index (χ3v) is 3.41. The maximum Gasteiger partial charge on any atom is 0.239 e. The van der Waals surface area contributed by atoms with Gasteiger partial charge in [0.05, 0.1) is 0 Å². The van der Waals surface area contributed by atoms with Gasteiger partial charge in [0, 0.05) is 18.3 Å². The number of amides is 1. The molecular weight excluding hydrogens is 214 g/mol. The van der Waals surface area contributed by atoms with Gasteiger partial charge in [0.1, 0.15) is 5.54 Å². The fourth-order valence-electron chi connectivity index (χ4n) is 2.30. The number of benzene rings is 1. The number of carbonyl (C=O) groups excluding carboxylic acids is 1. The van der Waals surface area contributed by atoms with E-state index in [0.29, 0.717) is 12.6 Å². The van der Waals surface area contributed by atoms with Gasteiger partial charge >= 0.3 is 0 Å². The molecule has 1 aliphatic heterocycles. The van der Waals surface area contributed by atoms with E-state index in [1.807, 2.05) is 12.1 Å². The molecule has 1 heterocycles. The summed E-state index contributed by atoms with van der Waals surface area (Å²) in [4.78, 5) is 13.5. The number of hydrogen-bond donors (Lipinski definition) is 2. The molecule has 0 saturated carbocycles. The van der Waals surface area contributed by atoms with Crippen molar-refractivity contribution in [2.24, 2.45) is 11.5 Å². The van der Waals surface area contributed by atoms with Crippen LogP contribution in [0.5, 0.6) is 0 Å². The lowest BCUT2D eigenvalue weighted by Crippen LogP contribution is -2.57. The molecule has 0 spiro atoms. The van der Waals surface area contributed by atoms with E-state index in [9.17, 15) is 4.79 Å². The summed E-state index contributed by atoms with van der Waals surface area (Å²) >= 11 is 0. The second-order valence-electron chi connectivity index (χ2n) is 5.09. The second-order valence-corrected chi connectivity index (χ2v) is 5.09. The van der Waals surface area contributed by atoms with Crippen molar-refractivity contribution in [3.8, 4) is 0 Å². The van der Waals surface area contributed by atoms with Gasteiger partial charge in [0.25, 0.3) is 0 Å². The fourth-order valence-corrected chi connectivity index (χ4v) is 2.30. The van der Waals surface area contributed by atoms with Gasteiger partial charge in [-0.05, 0) is 31.9 Å². The van der Waals surface area contributed by atoms with Crippen molar-refractivity contribution in [2.45, 2.75) is 31.8 Å². The molecule has 2 atom stereocenters. The Morgan fingerprint density at radius 2 is 2.18 bits per heavy atom. The largest absolute Gasteiger partial charge is 0.368 e. The van der Waals surface area contributed by atoms with Crippen LogP contribution in [0.2, 0.25) is 0 Å². The van der Waals surface area contributed by atoms with Gasteiger partial charge in [-0.15, -0.1) is 0 Å². The van der Waals surface area contributed by atoms with Gasteiger partial charge in [0.2, 0.25) is 5.91 Å². The zero-order valence-corrected chi connectivity index (χ0v) is 10.3. The third kappa shape index (κ3) is 2.13. The summed E-state index contributed by atoms with van der Waals surface area (Å²) in [5, 5.41) is 0. The summed E-state index contributed by atoms with van der Waals surface area (Å²) in [6.45, 7) is 4.28. The Kier molecular flexibility index (Phi) is 2.83. The highest BCUT2D eigenvalue weighted by Gasteiger charge is 2.34. The highest BCUT2D eigenvalue weighted by Crippen LogP contribution is 2.32. The lowest BCUT2D eigenvalue weighted by Gasteiger charge is -2.32. The van der Waals surface area contributed by atoms with Crippen molar-refractivity contribution in [1.29, 1.82) is 0 Å². The molecule has 4 nitrogen and oxygen atoms in total. The molecule has 0 aromatic heterocycles. The summed E-state index contributed by atoms with van der Waals surface area (Å²) < 4.78 is 0. The van der Waals surface area contributed by atoms with Crippen LogP contribution in [-0.2, 0) is 11.2 Å². The summed E-state index contributed by atoms with van der Waals surface area (Å²) in [6.07, 6.45) is 0.991. The van der Waals surface area contributed by atoms with Crippen molar-refractivity contribution >= 4 is 11.6 Å². The molecular formula is C13H19N3O. The average Bonchev–Trinajstić information content (AvgIpc) is 2.55. The van der Waals surface area contributed by atoms with Gasteiger partial charge in [-0.2, -0.15) is 0 Å². The van der Waals surface area contributed by atoms with Crippen LogP contribution in [0.1, 0.15) is 19.4 Å². The highest BCUT2D eigenvalue weighted by molar-refractivity contribution is 5.85. The Labute approximate surface area is 102 Å². The quantitative estimate of drug-likeness (QED) is 0.804. The van der Waals surface area contributed by atoms with Crippen molar-refractivity contribution in [1.82, 2.24) is 0 Å². The molecule has 1 aliphatic rings. The van der Waals surface area contributed by atoms with E-state index in [0.717, 1.165) is 12.1 Å². The van der Waals surface area contributed by atoms with Gasteiger partial charge in [-0.1, -0.05) is 18.2 Å². The summed E-state index contributed by atoms with van der Waals surface area (Å²) in [7, 11) is 0. The molecule has 2 unspecified atom stereocenters. The number of hydrogen-bond acceptors (Lipinski definition) is 3. The number of para-hydroxylation sites is 1. The first-order valence-corrected chi connectivity index (χ1v) is 5.85. The second kappa shape index (κ2) is 4.04. The normalized spacial score (nSPS) is 22.1. The first kappa shape index (κ1) is 11.9. The van der Waals surface area contributed by atoms with Crippen LogP contribution in [-0.4, -0.2) is 24.0 Å². The zero-order chi connectivity index (χ0) is 12.6. The minimum atomic E-state index is -0.994. The first-order chi connectivity index (χ1) is 7.92. The summed E-state index contributed by atoms with van der Waals surface area (Å²) in [5.41, 5.74) is 12.7. The molecule has 2 rings (SSSR count). The minimum Gasteiger partial charge on any atom is -0.368 e. The maximum atomic E-state index is 11.3. The Hall–Kier alpha value is -1.55. The lowest BCUT2D eigenvalue weighted by molar-refractivity contribution is -0.122. The predicted octanol–water partition coefficient (Wildman–Crippen LogP) is 0.640. The van der Waals surface area contributed by atoms with Crippen LogP contribution in [0.15, 0.2) is 24.3 Å². The zero-order valence-electron chi connectivity index (χ0n) is 10.3. The number of fused-ring (bicyclic) bond motifs is 1. The summed E-state index contributed by atoms with van der Waals surface area (Å²) in [5.74, 6) is -0.464. The molecule has 0 bridgehead atoms. The van der Waals surface area contributed by atoms with Crippen LogP contribution < -0.4 is 16.4 Å². The van der Waals surface area contributed by atoms with E-state index in [1.165, 1.54) is 5.56 Å². The lowest BCUT2D eigenvalue weighted by atomic mass is 10.0. The molecule has 0 radical (unpaired) electrons. The standard InChI is InChI=1S/C13H19N3O/c1-9-7-10-5-3-4-6-11(10)16(9)8-13(2,15)12(14)17/h3-6,9H,7-8,15H2,1-2H3,(H2,14,17). The Bertz CT molecular complexity index is 442. The number of nitrogens with two attached hydrogens (primary N) is 2. The third-order valence-electron chi connectivity index (χ3n) is 3.41. The smallest absolute Gasteiger partial charge is 0.239 e. The molecule has 1 amide bonds. The van der Waals surface area contributed by atoms with Crippen molar-refractivity contribution < 1.29 is 4.79 Å². The number of primary amides is 1. The Morgan fingerprint density at radius 3 is 2.82 bits per heavy atom. The number of nitrogens with zero attached hydrogens (tertiary/aromatic N) is 1. The average molecular weight is 233 g/mol. The molecule has 0 aliphatic carbocycles. The molecule has 1 aromatic carbocycles. The molecule has 1 aromatic rings. The van der Waals surface area contributed by atoms with Gasteiger partial charge in [0.15, 0.2) is 0 Å². The van der Waals surface area contributed by atoms with Crippen molar-refractivity contribution in [3.63, 3.8) is 0 Å². The maximum absolute atomic E-state index is 11.3. The molecule has 0 fully saturated rings. The van der Waals surface area contributed by atoms with Gasteiger partial charge in [-0.25, -0.2) is 0 Å². The van der Waals surface area contributed by atoms with Crippen LogP contribution in [0, 0.1) is 0 Å². The van der Waals surface area contributed by atoms with Gasteiger partial charge < -0.3 is 16.4 Å². The molecule has 17 heavy (non-hydrogen) atoms. The van der Waals surface area contributed by atoms with Crippen LogP contribution in [0.4, 0.5) is 5.69 Å². The Balaban J connectivity index is 2.26. The molecule has 4 N–H and O–H groups in total. The predicted molar refractivity (Wildman–Crippen MR) is 68.7 cm³/mol. The monoisotopic (exact) mass is 233 g/mol. The number of rotatable bonds is 3. The van der Waals surface area contributed by atoms with E-state index >= 15 is 0 Å².